The zero-order valence-corrected chi connectivity index (χ0v) is 13.5. The number of amides is 1. The third kappa shape index (κ3) is 4.44. The lowest BCUT2D eigenvalue weighted by atomic mass is 10.1. The first-order chi connectivity index (χ1) is 10.5. The predicted molar refractivity (Wildman–Crippen MR) is 94.2 cm³/mol. The Morgan fingerprint density at radius 1 is 1.14 bits per heavy atom. The molecular formula is C16H16ClN3OS. The lowest BCUT2D eigenvalue weighted by molar-refractivity contribution is 0.100. The van der Waals surface area contributed by atoms with Crippen molar-refractivity contribution < 1.29 is 4.79 Å². The van der Waals surface area contributed by atoms with E-state index < -0.39 is 5.91 Å². The van der Waals surface area contributed by atoms with E-state index in [-0.39, 0.29) is 6.04 Å². The van der Waals surface area contributed by atoms with Crippen molar-refractivity contribution >= 4 is 40.5 Å². The Morgan fingerprint density at radius 3 is 2.27 bits per heavy atom. The summed E-state index contributed by atoms with van der Waals surface area (Å²) in [6.45, 7) is 2.01. The van der Waals surface area contributed by atoms with Crippen molar-refractivity contribution in [2.24, 2.45) is 5.73 Å². The van der Waals surface area contributed by atoms with Gasteiger partial charge in [0.15, 0.2) is 5.11 Å². The van der Waals surface area contributed by atoms with Gasteiger partial charge < -0.3 is 16.4 Å². The van der Waals surface area contributed by atoms with Gasteiger partial charge >= 0.3 is 0 Å². The van der Waals surface area contributed by atoms with E-state index in [1.54, 1.807) is 24.3 Å². The molecule has 1 amide bonds. The second-order valence-electron chi connectivity index (χ2n) is 4.81. The van der Waals surface area contributed by atoms with Crippen LogP contribution in [0.25, 0.3) is 0 Å². The number of benzene rings is 2. The van der Waals surface area contributed by atoms with Gasteiger partial charge in [-0.3, -0.25) is 4.79 Å². The fourth-order valence-corrected chi connectivity index (χ4v) is 2.34. The summed E-state index contributed by atoms with van der Waals surface area (Å²) in [7, 11) is 0. The highest BCUT2D eigenvalue weighted by atomic mass is 35.5. The molecule has 0 unspecified atom stereocenters. The Balaban J connectivity index is 1.94. The average molecular weight is 334 g/mol. The number of nitrogens with one attached hydrogen (secondary N) is 2. The molecule has 114 valence electrons. The number of anilines is 1. The number of hydrogen-bond acceptors (Lipinski definition) is 2. The van der Waals surface area contributed by atoms with Crippen LogP contribution in [0, 0.1) is 0 Å². The minimum atomic E-state index is -0.455. The highest BCUT2D eigenvalue weighted by Crippen LogP contribution is 2.16. The standard InChI is InChI=1S/C16H16ClN3OS/c1-10(11-2-6-13(17)7-3-11)19-16(22)20-14-8-4-12(5-9-14)15(18)21/h2-10H,1H3,(H2,18,21)(H2,19,20,22)/t10-/m0/s1. The number of rotatable bonds is 4. The maximum atomic E-state index is 11.0. The third-order valence-corrected chi connectivity index (χ3v) is 3.62. The molecule has 0 radical (unpaired) electrons. The summed E-state index contributed by atoms with van der Waals surface area (Å²) in [5, 5.41) is 7.44. The van der Waals surface area contributed by atoms with Gasteiger partial charge in [0.05, 0.1) is 6.04 Å². The van der Waals surface area contributed by atoms with E-state index in [2.05, 4.69) is 10.6 Å². The van der Waals surface area contributed by atoms with E-state index >= 15 is 0 Å². The number of primary amides is 1. The van der Waals surface area contributed by atoms with Crippen molar-refractivity contribution in [2.45, 2.75) is 13.0 Å². The average Bonchev–Trinajstić information content (AvgIpc) is 2.48. The van der Waals surface area contributed by atoms with Crippen LogP contribution in [0.1, 0.15) is 28.9 Å². The Kier molecular flexibility index (Phi) is 5.35. The Bertz CT molecular complexity index is 671. The minimum Gasteiger partial charge on any atom is -0.366 e. The zero-order valence-electron chi connectivity index (χ0n) is 12.0. The van der Waals surface area contributed by atoms with Gasteiger partial charge in [-0.15, -0.1) is 0 Å². The topological polar surface area (TPSA) is 67.2 Å². The smallest absolute Gasteiger partial charge is 0.248 e. The minimum absolute atomic E-state index is 0.0437. The largest absolute Gasteiger partial charge is 0.366 e. The summed E-state index contributed by atoms with van der Waals surface area (Å²) in [5.41, 5.74) is 7.52. The number of nitrogens with two attached hydrogens (primary N) is 1. The summed E-state index contributed by atoms with van der Waals surface area (Å²) in [5.74, 6) is -0.455. The highest BCUT2D eigenvalue weighted by molar-refractivity contribution is 7.80. The van der Waals surface area contributed by atoms with E-state index in [1.165, 1.54) is 0 Å². The molecule has 0 fully saturated rings. The molecule has 2 aromatic carbocycles. The molecule has 4 nitrogen and oxygen atoms in total. The quantitative estimate of drug-likeness (QED) is 0.749. The molecule has 0 aliphatic carbocycles. The maximum Gasteiger partial charge on any atom is 0.248 e. The Labute approximate surface area is 139 Å². The van der Waals surface area contributed by atoms with Crippen molar-refractivity contribution in [1.82, 2.24) is 5.32 Å². The summed E-state index contributed by atoms with van der Waals surface area (Å²) in [6.07, 6.45) is 0. The molecule has 1 atom stereocenters. The van der Waals surface area contributed by atoms with Crippen molar-refractivity contribution in [3.63, 3.8) is 0 Å². The van der Waals surface area contributed by atoms with E-state index in [0.29, 0.717) is 15.7 Å². The van der Waals surface area contributed by atoms with Gasteiger partial charge in [0.25, 0.3) is 0 Å². The van der Waals surface area contributed by atoms with Crippen LogP contribution in [0.4, 0.5) is 5.69 Å². The number of carbonyl (C=O) groups is 1. The molecule has 0 saturated carbocycles. The van der Waals surface area contributed by atoms with Gasteiger partial charge in [-0.25, -0.2) is 0 Å². The summed E-state index contributed by atoms with van der Waals surface area (Å²) < 4.78 is 0. The third-order valence-electron chi connectivity index (χ3n) is 3.14. The first-order valence-corrected chi connectivity index (χ1v) is 7.47. The Morgan fingerprint density at radius 2 is 1.73 bits per heavy atom. The van der Waals surface area contributed by atoms with E-state index in [1.807, 2.05) is 31.2 Å². The molecule has 22 heavy (non-hydrogen) atoms. The molecule has 2 rings (SSSR count). The van der Waals surface area contributed by atoms with Gasteiger partial charge in [0.2, 0.25) is 5.91 Å². The molecule has 2 aromatic rings. The van der Waals surface area contributed by atoms with Gasteiger partial charge in [-0.2, -0.15) is 0 Å². The van der Waals surface area contributed by atoms with Gasteiger partial charge in [0.1, 0.15) is 0 Å². The zero-order chi connectivity index (χ0) is 16.1. The monoisotopic (exact) mass is 333 g/mol. The predicted octanol–water partition coefficient (Wildman–Crippen LogP) is 3.49. The molecule has 0 bridgehead atoms. The Hall–Kier alpha value is -2.11. The molecule has 0 aromatic heterocycles. The van der Waals surface area contributed by atoms with Crippen LogP contribution in [-0.2, 0) is 0 Å². The molecule has 0 spiro atoms. The lowest BCUT2D eigenvalue weighted by Crippen LogP contribution is -2.30. The lowest BCUT2D eigenvalue weighted by Gasteiger charge is -2.17. The van der Waals surface area contributed by atoms with E-state index in [9.17, 15) is 4.79 Å². The SMILES string of the molecule is C[C@H](NC(=S)Nc1ccc(C(N)=O)cc1)c1ccc(Cl)cc1. The summed E-state index contributed by atoms with van der Waals surface area (Å²) in [4.78, 5) is 11.0. The number of thiocarbonyl (C=S) groups is 1. The van der Waals surface area contributed by atoms with Gasteiger partial charge in [-0.05, 0) is 61.1 Å². The van der Waals surface area contributed by atoms with Crippen LogP contribution in [-0.4, -0.2) is 11.0 Å². The second-order valence-corrected chi connectivity index (χ2v) is 5.66. The first-order valence-electron chi connectivity index (χ1n) is 6.68. The van der Waals surface area contributed by atoms with Crippen molar-refractivity contribution in [1.29, 1.82) is 0 Å². The van der Waals surface area contributed by atoms with Crippen molar-refractivity contribution in [3.05, 3.63) is 64.7 Å². The molecule has 0 heterocycles. The summed E-state index contributed by atoms with van der Waals surface area (Å²) >= 11 is 11.2. The summed E-state index contributed by atoms with van der Waals surface area (Å²) in [6, 6.07) is 14.4. The normalized spacial score (nSPS) is 11.5. The molecule has 0 aliphatic rings. The van der Waals surface area contributed by atoms with Crippen LogP contribution in [0.2, 0.25) is 5.02 Å². The van der Waals surface area contributed by atoms with Crippen molar-refractivity contribution in [2.75, 3.05) is 5.32 Å². The van der Waals surface area contributed by atoms with Crippen LogP contribution >= 0.6 is 23.8 Å². The van der Waals surface area contributed by atoms with E-state index in [4.69, 9.17) is 29.6 Å². The maximum absolute atomic E-state index is 11.0. The van der Waals surface area contributed by atoms with Crippen LogP contribution in [0.15, 0.2) is 48.5 Å². The molecule has 4 N–H and O–H groups in total. The molecular weight excluding hydrogens is 318 g/mol. The van der Waals surface area contributed by atoms with Crippen LogP contribution in [0.5, 0.6) is 0 Å². The molecule has 6 heteroatoms. The fourth-order valence-electron chi connectivity index (χ4n) is 1.92. The number of carbonyl (C=O) groups excluding carboxylic acids is 1. The van der Waals surface area contributed by atoms with Crippen LogP contribution < -0.4 is 16.4 Å². The van der Waals surface area contributed by atoms with Crippen LogP contribution in [0.3, 0.4) is 0 Å². The second kappa shape index (κ2) is 7.24. The first kappa shape index (κ1) is 16.3. The number of hydrogen-bond donors (Lipinski definition) is 3. The van der Waals surface area contributed by atoms with Gasteiger partial charge in [-0.1, -0.05) is 23.7 Å². The molecule has 0 saturated heterocycles. The highest BCUT2D eigenvalue weighted by Gasteiger charge is 2.07. The molecule has 0 aliphatic heterocycles. The fraction of sp³-hybridized carbons (Fsp3) is 0.125. The van der Waals surface area contributed by atoms with E-state index in [0.717, 1.165) is 11.3 Å². The number of halogens is 1. The van der Waals surface area contributed by atoms with Gasteiger partial charge in [0, 0.05) is 16.3 Å². The van der Waals surface area contributed by atoms with Crippen molar-refractivity contribution in [3.8, 4) is 0 Å².